The number of morpholine rings is 1. The number of rotatable bonds is 2. The first kappa shape index (κ1) is 18.0. The number of benzene rings is 1. The molecule has 1 N–H and O–H groups in total. The van der Waals surface area contributed by atoms with Crippen molar-refractivity contribution < 1.29 is 27.1 Å². The van der Waals surface area contributed by atoms with Crippen molar-refractivity contribution in [3.63, 3.8) is 0 Å². The number of amides is 2. The summed E-state index contributed by atoms with van der Waals surface area (Å²) in [6.07, 6.45) is -0.771. The number of hydrogen-bond donors (Lipinski definition) is 1. The van der Waals surface area contributed by atoms with Gasteiger partial charge in [-0.15, -0.1) is 0 Å². The molecule has 2 aliphatic rings. The third-order valence-electron chi connectivity index (χ3n) is 4.83. The quantitative estimate of drug-likeness (QED) is 0.817. The smallest absolute Gasteiger partial charge is 0.371 e. The minimum Gasteiger partial charge on any atom is -0.371 e. The van der Waals surface area contributed by atoms with Crippen LogP contribution in [-0.2, 0) is 17.5 Å². The predicted molar refractivity (Wildman–Crippen MR) is 82.4 cm³/mol. The van der Waals surface area contributed by atoms with E-state index in [0.717, 1.165) is 37.8 Å². The summed E-state index contributed by atoms with van der Waals surface area (Å²) in [4.78, 5) is 14.0. The van der Waals surface area contributed by atoms with Crippen LogP contribution < -0.4 is 5.32 Å². The highest BCUT2D eigenvalue weighted by Crippen LogP contribution is 2.36. The highest BCUT2D eigenvalue weighted by molar-refractivity contribution is 5.74. The zero-order valence-electron chi connectivity index (χ0n) is 13.7. The van der Waals surface area contributed by atoms with E-state index in [0.29, 0.717) is 19.7 Å². The van der Waals surface area contributed by atoms with E-state index in [9.17, 15) is 22.4 Å². The van der Waals surface area contributed by atoms with Gasteiger partial charge in [0.1, 0.15) is 5.82 Å². The molecule has 0 atom stereocenters. The molecule has 138 valence electrons. The second-order valence-electron chi connectivity index (χ2n) is 6.63. The van der Waals surface area contributed by atoms with Gasteiger partial charge in [0.25, 0.3) is 0 Å². The van der Waals surface area contributed by atoms with Crippen LogP contribution in [0.2, 0.25) is 0 Å². The molecule has 4 nitrogen and oxygen atoms in total. The standard InChI is InChI=1S/C17H20F4N2O2/c18-14-4-3-12(9-13(14)17(19,20)21)10-22-15(24)23-7-8-25-16(11-23)5-1-2-6-16/h3-4,9H,1-2,5-8,10-11H2,(H,22,24). The summed E-state index contributed by atoms with van der Waals surface area (Å²) in [7, 11) is 0. The second kappa shape index (κ2) is 6.82. The Kier molecular flexibility index (Phi) is 4.90. The third kappa shape index (κ3) is 4.05. The first-order valence-electron chi connectivity index (χ1n) is 8.31. The van der Waals surface area contributed by atoms with Gasteiger partial charge in [0.05, 0.1) is 24.3 Å². The molecule has 1 saturated carbocycles. The zero-order valence-corrected chi connectivity index (χ0v) is 13.7. The molecule has 0 unspecified atom stereocenters. The number of alkyl halides is 3. The molecular weight excluding hydrogens is 340 g/mol. The van der Waals surface area contributed by atoms with E-state index < -0.39 is 17.6 Å². The van der Waals surface area contributed by atoms with E-state index in [4.69, 9.17) is 4.74 Å². The number of carbonyl (C=O) groups is 1. The van der Waals surface area contributed by atoms with Gasteiger partial charge in [-0.1, -0.05) is 18.9 Å². The fourth-order valence-corrected chi connectivity index (χ4v) is 3.53. The van der Waals surface area contributed by atoms with Crippen LogP contribution in [0.4, 0.5) is 22.4 Å². The topological polar surface area (TPSA) is 41.6 Å². The molecule has 8 heteroatoms. The Bertz CT molecular complexity index is 642. The number of urea groups is 1. The average Bonchev–Trinajstić information content (AvgIpc) is 3.00. The van der Waals surface area contributed by atoms with Gasteiger partial charge >= 0.3 is 12.2 Å². The number of nitrogens with one attached hydrogen (secondary N) is 1. The number of hydrogen-bond acceptors (Lipinski definition) is 2. The van der Waals surface area contributed by atoms with Gasteiger partial charge < -0.3 is 15.0 Å². The number of halogens is 4. The van der Waals surface area contributed by atoms with Gasteiger partial charge in [0.15, 0.2) is 0 Å². The maximum absolute atomic E-state index is 13.3. The number of ether oxygens (including phenoxy) is 1. The van der Waals surface area contributed by atoms with Crippen molar-refractivity contribution in [3.8, 4) is 0 Å². The number of nitrogens with zero attached hydrogens (tertiary/aromatic N) is 1. The molecule has 0 bridgehead atoms. The van der Waals surface area contributed by atoms with Gasteiger partial charge in [-0.3, -0.25) is 0 Å². The predicted octanol–water partition coefficient (Wildman–Crippen LogP) is 3.70. The molecule has 1 aromatic rings. The van der Waals surface area contributed by atoms with Gasteiger partial charge in [0.2, 0.25) is 0 Å². The number of carbonyl (C=O) groups excluding carboxylic acids is 1. The van der Waals surface area contributed by atoms with Gasteiger partial charge in [-0.2, -0.15) is 13.2 Å². The van der Waals surface area contributed by atoms with Crippen LogP contribution in [0.1, 0.15) is 36.8 Å². The van der Waals surface area contributed by atoms with E-state index in [-0.39, 0.29) is 23.7 Å². The summed E-state index contributed by atoms with van der Waals surface area (Å²) in [5.74, 6) is -1.32. The third-order valence-corrected chi connectivity index (χ3v) is 4.83. The van der Waals surface area contributed by atoms with Gasteiger partial charge in [-0.05, 0) is 30.5 Å². The van der Waals surface area contributed by atoms with Crippen LogP contribution in [0.5, 0.6) is 0 Å². The minimum atomic E-state index is -4.76. The molecule has 0 radical (unpaired) electrons. The summed E-state index contributed by atoms with van der Waals surface area (Å²) < 4.78 is 57.4. The van der Waals surface area contributed by atoms with E-state index in [1.807, 2.05) is 0 Å². The highest BCUT2D eigenvalue weighted by atomic mass is 19.4. The van der Waals surface area contributed by atoms with Crippen LogP contribution in [-0.4, -0.2) is 36.2 Å². The Morgan fingerprint density at radius 1 is 1.28 bits per heavy atom. The van der Waals surface area contributed by atoms with Gasteiger partial charge in [-0.25, -0.2) is 9.18 Å². The summed E-state index contributed by atoms with van der Waals surface area (Å²) in [5.41, 5.74) is -1.39. The summed E-state index contributed by atoms with van der Waals surface area (Å²) in [6.45, 7) is 1.32. The van der Waals surface area contributed by atoms with Crippen molar-refractivity contribution in [2.45, 2.75) is 44.0 Å². The Hall–Kier alpha value is -1.83. The maximum atomic E-state index is 13.3. The molecule has 2 fully saturated rings. The van der Waals surface area contributed by atoms with Crippen molar-refractivity contribution in [3.05, 3.63) is 35.1 Å². The Morgan fingerprint density at radius 2 is 2.00 bits per heavy atom. The average molecular weight is 360 g/mol. The lowest BCUT2D eigenvalue weighted by Gasteiger charge is -2.40. The molecule has 1 aliphatic carbocycles. The lowest BCUT2D eigenvalue weighted by atomic mass is 10.00. The SMILES string of the molecule is O=C(NCc1ccc(F)c(C(F)(F)F)c1)N1CCOC2(CCCC2)C1. The first-order valence-corrected chi connectivity index (χ1v) is 8.31. The Morgan fingerprint density at radius 3 is 2.68 bits per heavy atom. The van der Waals surface area contributed by atoms with E-state index in [1.165, 1.54) is 6.07 Å². The van der Waals surface area contributed by atoms with Crippen molar-refractivity contribution in [1.82, 2.24) is 10.2 Å². The molecule has 2 amide bonds. The van der Waals surface area contributed by atoms with Crippen LogP contribution >= 0.6 is 0 Å². The fraction of sp³-hybridized carbons (Fsp3) is 0.588. The molecule has 1 spiro atoms. The van der Waals surface area contributed by atoms with E-state index >= 15 is 0 Å². The molecule has 25 heavy (non-hydrogen) atoms. The lowest BCUT2D eigenvalue weighted by Crippen LogP contribution is -2.54. The van der Waals surface area contributed by atoms with Crippen LogP contribution in [0.25, 0.3) is 0 Å². The van der Waals surface area contributed by atoms with Crippen LogP contribution in [0, 0.1) is 5.82 Å². The van der Waals surface area contributed by atoms with Crippen LogP contribution in [0.15, 0.2) is 18.2 Å². The van der Waals surface area contributed by atoms with Crippen molar-refractivity contribution in [1.29, 1.82) is 0 Å². The Balaban J connectivity index is 1.61. The molecular formula is C17H20F4N2O2. The second-order valence-corrected chi connectivity index (χ2v) is 6.63. The highest BCUT2D eigenvalue weighted by Gasteiger charge is 2.40. The van der Waals surface area contributed by atoms with Crippen molar-refractivity contribution in [2.75, 3.05) is 19.7 Å². The molecule has 1 heterocycles. The van der Waals surface area contributed by atoms with E-state index in [1.54, 1.807) is 4.90 Å². The van der Waals surface area contributed by atoms with Crippen LogP contribution in [0.3, 0.4) is 0 Å². The zero-order chi connectivity index (χ0) is 18.1. The lowest BCUT2D eigenvalue weighted by molar-refractivity contribution is -0.140. The van der Waals surface area contributed by atoms with Crippen molar-refractivity contribution in [2.24, 2.45) is 0 Å². The van der Waals surface area contributed by atoms with E-state index in [2.05, 4.69) is 5.32 Å². The molecule has 0 aromatic heterocycles. The fourth-order valence-electron chi connectivity index (χ4n) is 3.53. The summed E-state index contributed by atoms with van der Waals surface area (Å²) in [5, 5.41) is 2.61. The minimum absolute atomic E-state index is 0.0907. The summed E-state index contributed by atoms with van der Waals surface area (Å²) >= 11 is 0. The monoisotopic (exact) mass is 360 g/mol. The molecule has 3 rings (SSSR count). The molecule has 1 aliphatic heterocycles. The van der Waals surface area contributed by atoms with Crippen molar-refractivity contribution >= 4 is 6.03 Å². The normalized spacial score (nSPS) is 20.1. The molecule has 1 saturated heterocycles. The van der Waals surface area contributed by atoms with Gasteiger partial charge in [0, 0.05) is 13.1 Å². The molecule has 1 aromatic carbocycles. The summed E-state index contributed by atoms with van der Waals surface area (Å²) in [6, 6.07) is 2.40. The Labute approximate surface area is 143 Å². The largest absolute Gasteiger partial charge is 0.419 e. The maximum Gasteiger partial charge on any atom is 0.419 e. The first-order chi connectivity index (χ1) is 11.8.